The monoisotopic (exact) mass is 437 g/mol. The van der Waals surface area contributed by atoms with Gasteiger partial charge < -0.3 is 14.8 Å². The van der Waals surface area contributed by atoms with E-state index in [9.17, 15) is 9.90 Å². The second-order valence-electron chi connectivity index (χ2n) is 10.5. The van der Waals surface area contributed by atoms with Crippen molar-refractivity contribution in [1.82, 2.24) is 0 Å². The highest BCUT2D eigenvalue weighted by Crippen LogP contribution is 2.52. The maximum absolute atomic E-state index is 11.1. The van der Waals surface area contributed by atoms with Crippen molar-refractivity contribution in [2.75, 3.05) is 18.0 Å². The number of hydrogen-bond donors (Lipinski definition) is 1. The number of hydrogen-bond acceptors (Lipinski definition) is 3. The fourth-order valence-corrected chi connectivity index (χ4v) is 6.81. The maximum Gasteiger partial charge on any atom is 0.123 e. The Labute approximate surface area is 196 Å². The van der Waals surface area contributed by atoms with E-state index in [1.165, 1.54) is 34.4 Å². The molecule has 6 rings (SSSR count). The molecule has 2 atom stereocenters. The minimum atomic E-state index is 0.285. The van der Waals surface area contributed by atoms with E-state index in [1.807, 2.05) is 12.1 Å². The standard InChI is InChI=1S/C30H31NO2/c32-19-21-17-30(18-21)14-15-31(20-30)25-9-6-23(7-10-25)29-27(22-4-2-1-3-5-22)12-8-24-16-26(33)11-13-28(24)29/h1-7,9-11,13,16,19,21,27,29,33H,8,12,14-15,17-18,20H2/t21?,27-,29+,30?/m1/s1. The molecule has 2 fully saturated rings. The zero-order chi connectivity index (χ0) is 22.4. The summed E-state index contributed by atoms with van der Waals surface area (Å²) in [5.74, 6) is 1.36. The van der Waals surface area contributed by atoms with Gasteiger partial charge in [0.2, 0.25) is 0 Å². The van der Waals surface area contributed by atoms with Crippen molar-refractivity contribution in [2.24, 2.45) is 11.3 Å². The number of carbonyl (C=O) groups excluding carboxylic acids is 1. The molecule has 0 radical (unpaired) electrons. The average molecular weight is 438 g/mol. The summed E-state index contributed by atoms with van der Waals surface area (Å²) < 4.78 is 0. The topological polar surface area (TPSA) is 40.5 Å². The molecular weight excluding hydrogens is 406 g/mol. The third-order valence-corrected chi connectivity index (χ3v) is 8.45. The highest BCUT2D eigenvalue weighted by atomic mass is 16.3. The first-order valence-electron chi connectivity index (χ1n) is 12.3. The molecule has 1 heterocycles. The van der Waals surface area contributed by atoms with E-state index in [-0.39, 0.29) is 11.8 Å². The molecule has 0 aromatic heterocycles. The van der Waals surface area contributed by atoms with Crippen LogP contribution in [0.1, 0.15) is 59.8 Å². The molecular formula is C30H31NO2. The van der Waals surface area contributed by atoms with Crippen LogP contribution in [0.5, 0.6) is 5.75 Å². The molecule has 3 aromatic carbocycles. The number of fused-ring (bicyclic) bond motifs is 1. The van der Waals surface area contributed by atoms with Gasteiger partial charge in [-0.1, -0.05) is 48.5 Å². The molecule has 3 heteroatoms. The van der Waals surface area contributed by atoms with Crippen LogP contribution in [-0.4, -0.2) is 24.5 Å². The van der Waals surface area contributed by atoms with Crippen molar-refractivity contribution in [1.29, 1.82) is 0 Å². The average Bonchev–Trinajstić information content (AvgIpc) is 3.29. The van der Waals surface area contributed by atoms with Gasteiger partial charge in [0.25, 0.3) is 0 Å². The van der Waals surface area contributed by atoms with Crippen molar-refractivity contribution in [3.05, 3.63) is 95.1 Å². The van der Waals surface area contributed by atoms with Gasteiger partial charge in [-0.3, -0.25) is 0 Å². The van der Waals surface area contributed by atoms with Crippen LogP contribution in [0.3, 0.4) is 0 Å². The van der Waals surface area contributed by atoms with E-state index in [2.05, 4.69) is 65.6 Å². The fourth-order valence-electron chi connectivity index (χ4n) is 6.81. The molecule has 0 bridgehead atoms. The first kappa shape index (κ1) is 20.5. The Morgan fingerprint density at radius 2 is 1.73 bits per heavy atom. The van der Waals surface area contributed by atoms with Crippen molar-refractivity contribution in [2.45, 2.75) is 43.9 Å². The molecule has 1 saturated heterocycles. The van der Waals surface area contributed by atoms with Crippen molar-refractivity contribution < 1.29 is 9.90 Å². The Balaban J connectivity index is 1.30. The Kier molecular flexibility index (Phi) is 5.01. The van der Waals surface area contributed by atoms with Crippen LogP contribution in [-0.2, 0) is 11.2 Å². The largest absolute Gasteiger partial charge is 0.508 e. The third kappa shape index (κ3) is 3.64. The number of phenols is 1. The van der Waals surface area contributed by atoms with Crippen LogP contribution < -0.4 is 4.90 Å². The van der Waals surface area contributed by atoms with Gasteiger partial charge in [-0.05, 0) is 90.0 Å². The predicted molar refractivity (Wildman–Crippen MR) is 132 cm³/mol. The van der Waals surface area contributed by atoms with Gasteiger partial charge in [-0.15, -0.1) is 0 Å². The van der Waals surface area contributed by atoms with E-state index in [4.69, 9.17) is 0 Å². The minimum Gasteiger partial charge on any atom is -0.508 e. The number of benzene rings is 3. The minimum absolute atomic E-state index is 0.285. The smallest absolute Gasteiger partial charge is 0.123 e. The third-order valence-electron chi connectivity index (χ3n) is 8.45. The van der Waals surface area contributed by atoms with Crippen molar-refractivity contribution in [3.8, 4) is 5.75 Å². The van der Waals surface area contributed by atoms with E-state index in [1.54, 1.807) is 0 Å². The van der Waals surface area contributed by atoms with Gasteiger partial charge >= 0.3 is 0 Å². The quantitative estimate of drug-likeness (QED) is 0.505. The van der Waals surface area contributed by atoms with Crippen LogP contribution in [0.15, 0.2) is 72.8 Å². The van der Waals surface area contributed by atoms with Crippen molar-refractivity contribution >= 4 is 12.0 Å². The van der Waals surface area contributed by atoms with Crippen LogP contribution in [0, 0.1) is 11.3 Å². The van der Waals surface area contributed by atoms with E-state index in [0.29, 0.717) is 17.1 Å². The SMILES string of the molecule is O=CC1CC2(CCN(c3ccc([C@@H]4c5ccc(O)cc5CC[C@@H]4c4ccccc4)cc3)C2)C1. The lowest BCUT2D eigenvalue weighted by molar-refractivity contribution is -0.117. The van der Waals surface area contributed by atoms with Gasteiger partial charge in [-0.2, -0.15) is 0 Å². The second kappa shape index (κ2) is 8.06. The number of nitrogens with zero attached hydrogens (tertiary/aromatic N) is 1. The summed E-state index contributed by atoms with van der Waals surface area (Å²) in [6.07, 6.45) is 6.56. The molecule has 2 aliphatic carbocycles. The molecule has 3 aliphatic rings. The van der Waals surface area contributed by atoms with Crippen LogP contribution in [0.4, 0.5) is 5.69 Å². The highest BCUT2D eigenvalue weighted by Gasteiger charge is 2.48. The fraction of sp³-hybridized carbons (Fsp3) is 0.367. The normalized spacial score (nSPS) is 28.4. The van der Waals surface area contributed by atoms with Crippen molar-refractivity contribution in [3.63, 3.8) is 0 Å². The number of phenolic OH excluding ortho intramolecular Hbond substituents is 1. The first-order valence-corrected chi connectivity index (χ1v) is 12.3. The molecule has 3 nitrogen and oxygen atoms in total. The summed E-state index contributed by atoms with van der Waals surface area (Å²) >= 11 is 0. The molecule has 3 aromatic rings. The zero-order valence-electron chi connectivity index (χ0n) is 19.0. The number of aryl methyl sites for hydroxylation is 1. The summed E-state index contributed by atoms with van der Waals surface area (Å²) in [5, 5.41) is 10.1. The number of aromatic hydroxyl groups is 1. The Bertz CT molecular complexity index is 1150. The van der Waals surface area contributed by atoms with Gasteiger partial charge in [0, 0.05) is 30.6 Å². The van der Waals surface area contributed by atoms with Crippen LogP contribution >= 0.6 is 0 Å². The summed E-state index contributed by atoms with van der Waals surface area (Å²) in [6, 6.07) is 26.0. The summed E-state index contributed by atoms with van der Waals surface area (Å²) in [6.45, 7) is 2.16. The molecule has 1 N–H and O–H groups in total. The number of carbonyl (C=O) groups is 1. The Morgan fingerprint density at radius 1 is 0.939 bits per heavy atom. The lowest BCUT2D eigenvalue weighted by Gasteiger charge is -2.42. The lowest BCUT2D eigenvalue weighted by atomic mass is 9.62. The second-order valence-corrected chi connectivity index (χ2v) is 10.5. The molecule has 1 aliphatic heterocycles. The number of rotatable bonds is 4. The van der Waals surface area contributed by atoms with E-state index >= 15 is 0 Å². The maximum atomic E-state index is 11.1. The van der Waals surface area contributed by atoms with E-state index in [0.717, 1.165) is 45.1 Å². The van der Waals surface area contributed by atoms with Gasteiger partial charge in [-0.25, -0.2) is 0 Å². The molecule has 168 valence electrons. The number of aldehydes is 1. The highest BCUT2D eigenvalue weighted by molar-refractivity contribution is 5.57. The lowest BCUT2D eigenvalue weighted by Crippen LogP contribution is -2.40. The molecule has 33 heavy (non-hydrogen) atoms. The molecule has 1 saturated carbocycles. The van der Waals surface area contributed by atoms with Gasteiger partial charge in [0.05, 0.1) is 0 Å². The molecule has 1 spiro atoms. The van der Waals surface area contributed by atoms with Crippen LogP contribution in [0.25, 0.3) is 0 Å². The summed E-state index contributed by atoms with van der Waals surface area (Å²) in [7, 11) is 0. The van der Waals surface area contributed by atoms with Gasteiger partial charge in [0.1, 0.15) is 12.0 Å². The Morgan fingerprint density at radius 3 is 2.48 bits per heavy atom. The van der Waals surface area contributed by atoms with Gasteiger partial charge in [0.15, 0.2) is 0 Å². The molecule has 0 amide bonds. The Hall–Kier alpha value is -3.07. The van der Waals surface area contributed by atoms with Crippen LogP contribution in [0.2, 0.25) is 0 Å². The molecule has 0 unspecified atom stereocenters. The predicted octanol–water partition coefficient (Wildman–Crippen LogP) is 6.06. The summed E-state index contributed by atoms with van der Waals surface area (Å²) in [4.78, 5) is 13.6. The first-order chi connectivity index (χ1) is 16.1. The summed E-state index contributed by atoms with van der Waals surface area (Å²) in [5.41, 5.74) is 7.01. The zero-order valence-corrected chi connectivity index (χ0v) is 19.0. The number of anilines is 1. The van der Waals surface area contributed by atoms with E-state index < -0.39 is 0 Å².